The van der Waals surface area contributed by atoms with Gasteiger partial charge in [0.15, 0.2) is 0 Å². The smallest absolute Gasteiger partial charge is 0.264 e. The molecule has 33 heavy (non-hydrogen) atoms. The highest BCUT2D eigenvalue weighted by Gasteiger charge is 2.28. The van der Waals surface area contributed by atoms with Crippen molar-refractivity contribution in [1.29, 1.82) is 0 Å². The minimum Gasteiger partial charge on any atom is -0.497 e. The van der Waals surface area contributed by atoms with Crippen LogP contribution < -0.4 is 19.1 Å². The lowest BCUT2D eigenvalue weighted by Gasteiger charge is -2.25. The number of hydrogen-bond donors (Lipinski definition) is 1. The van der Waals surface area contributed by atoms with E-state index in [4.69, 9.17) is 9.47 Å². The van der Waals surface area contributed by atoms with Crippen molar-refractivity contribution in [2.24, 2.45) is 0 Å². The number of carbonyl (C=O) groups is 1. The van der Waals surface area contributed by atoms with E-state index in [-0.39, 0.29) is 4.90 Å². The number of benzene rings is 3. The summed E-state index contributed by atoms with van der Waals surface area (Å²) in [5, 5.41) is 2.75. The molecule has 0 fully saturated rings. The summed E-state index contributed by atoms with van der Waals surface area (Å²) in [6.07, 6.45) is 0. The predicted molar refractivity (Wildman–Crippen MR) is 130 cm³/mol. The molecule has 0 radical (unpaired) electrons. The molecule has 174 valence electrons. The van der Waals surface area contributed by atoms with Crippen LogP contribution >= 0.6 is 0 Å². The second kappa shape index (κ2) is 9.95. The fraction of sp³-hybridized carbons (Fsp3) is 0.240. The molecule has 3 aromatic carbocycles. The molecule has 0 unspecified atom stereocenters. The summed E-state index contributed by atoms with van der Waals surface area (Å²) in [6, 6.07) is 16.8. The standard InChI is InChI=1S/C25H28N2O5S/c1-17-6-11-22(12-7-17)33(29,30)27(20-9-8-18(2)19(3)14-20)16-25(28)26-23-15-21(31-4)10-13-24(23)32-5/h6-15H,16H2,1-5H3,(H,26,28). The van der Waals surface area contributed by atoms with Crippen LogP contribution in [0.5, 0.6) is 11.5 Å². The number of hydrogen-bond acceptors (Lipinski definition) is 5. The van der Waals surface area contributed by atoms with Gasteiger partial charge in [-0.2, -0.15) is 0 Å². The van der Waals surface area contributed by atoms with Gasteiger partial charge in [-0.05, 0) is 68.3 Å². The quantitative estimate of drug-likeness (QED) is 0.528. The Kier molecular flexibility index (Phi) is 7.28. The van der Waals surface area contributed by atoms with E-state index < -0.39 is 22.5 Å². The molecule has 0 saturated carbocycles. The molecule has 0 spiro atoms. The maximum Gasteiger partial charge on any atom is 0.264 e. The molecule has 0 bridgehead atoms. The van der Waals surface area contributed by atoms with Crippen molar-refractivity contribution in [3.63, 3.8) is 0 Å². The number of nitrogens with zero attached hydrogens (tertiary/aromatic N) is 1. The first-order chi connectivity index (χ1) is 15.6. The molecule has 1 N–H and O–H groups in total. The predicted octanol–water partition coefficient (Wildman–Crippen LogP) is 4.46. The van der Waals surface area contributed by atoms with Gasteiger partial charge < -0.3 is 14.8 Å². The summed E-state index contributed by atoms with van der Waals surface area (Å²) in [5.74, 6) is 0.447. The van der Waals surface area contributed by atoms with E-state index in [0.29, 0.717) is 22.9 Å². The maximum absolute atomic E-state index is 13.6. The van der Waals surface area contributed by atoms with E-state index in [0.717, 1.165) is 21.0 Å². The Morgan fingerprint density at radius 2 is 1.58 bits per heavy atom. The maximum atomic E-state index is 13.6. The third-order valence-electron chi connectivity index (χ3n) is 5.36. The number of nitrogens with one attached hydrogen (secondary N) is 1. The summed E-state index contributed by atoms with van der Waals surface area (Å²) in [4.78, 5) is 13.1. The second-order valence-electron chi connectivity index (χ2n) is 7.71. The van der Waals surface area contributed by atoms with Crippen LogP contribution in [0.25, 0.3) is 0 Å². The van der Waals surface area contributed by atoms with Gasteiger partial charge in [0, 0.05) is 6.07 Å². The largest absolute Gasteiger partial charge is 0.497 e. The lowest BCUT2D eigenvalue weighted by Crippen LogP contribution is -2.38. The van der Waals surface area contributed by atoms with E-state index in [2.05, 4.69) is 5.32 Å². The highest BCUT2D eigenvalue weighted by Crippen LogP contribution is 2.30. The number of amides is 1. The zero-order chi connectivity index (χ0) is 24.2. The summed E-state index contributed by atoms with van der Waals surface area (Å²) in [7, 11) is -0.996. The first-order valence-electron chi connectivity index (χ1n) is 10.3. The van der Waals surface area contributed by atoms with Crippen molar-refractivity contribution in [2.75, 3.05) is 30.4 Å². The minimum absolute atomic E-state index is 0.109. The molecule has 8 heteroatoms. The Morgan fingerprint density at radius 1 is 0.879 bits per heavy atom. The van der Waals surface area contributed by atoms with Gasteiger partial charge in [0.05, 0.1) is 30.5 Å². The average Bonchev–Trinajstić information content (AvgIpc) is 2.79. The summed E-state index contributed by atoms with van der Waals surface area (Å²) >= 11 is 0. The molecule has 0 aliphatic carbocycles. The number of anilines is 2. The third kappa shape index (κ3) is 5.46. The molecule has 0 aromatic heterocycles. The Balaban J connectivity index is 1.99. The van der Waals surface area contributed by atoms with Gasteiger partial charge in [-0.1, -0.05) is 23.8 Å². The number of aryl methyl sites for hydroxylation is 3. The zero-order valence-corrected chi connectivity index (χ0v) is 20.2. The third-order valence-corrected chi connectivity index (χ3v) is 7.14. The fourth-order valence-corrected chi connectivity index (χ4v) is 4.68. The number of sulfonamides is 1. The molecule has 0 atom stereocenters. The number of rotatable bonds is 8. The van der Waals surface area contributed by atoms with Crippen LogP contribution in [0.2, 0.25) is 0 Å². The first kappa shape index (κ1) is 24.1. The molecule has 0 aliphatic heterocycles. The van der Waals surface area contributed by atoms with Crippen LogP contribution in [0.15, 0.2) is 65.6 Å². The van der Waals surface area contributed by atoms with E-state index in [1.54, 1.807) is 54.6 Å². The van der Waals surface area contributed by atoms with Crippen LogP contribution in [0.1, 0.15) is 16.7 Å². The normalized spacial score (nSPS) is 11.1. The lowest BCUT2D eigenvalue weighted by atomic mass is 10.1. The fourth-order valence-electron chi connectivity index (χ4n) is 3.27. The van der Waals surface area contributed by atoms with Crippen LogP contribution in [0.3, 0.4) is 0 Å². The molecule has 0 saturated heterocycles. The van der Waals surface area contributed by atoms with Gasteiger partial charge in [0.2, 0.25) is 5.91 Å². The van der Waals surface area contributed by atoms with Crippen LogP contribution in [0.4, 0.5) is 11.4 Å². The van der Waals surface area contributed by atoms with Crippen molar-refractivity contribution in [3.05, 3.63) is 77.4 Å². The van der Waals surface area contributed by atoms with Gasteiger partial charge in [0.25, 0.3) is 10.0 Å². The van der Waals surface area contributed by atoms with Crippen LogP contribution in [-0.4, -0.2) is 35.1 Å². The van der Waals surface area contributed by atoms with Gasteiger partial charge in [-0.3, -0.25) is 9.10 Å². The lowest BCUT2D eigenvalue weighted by molar-refractivity contribution is -0.114. The molecule has 0 heterocycles. The van der Waals surface area contributed by atoms with Crippen molar-refractivity contribution < 1.29 is 22.7 Å². The first-order valence-corrected chi connectivity index (χ1v) is 11.8. The van der Waals surface area contributed by atoms with Crippen molar-refractivity contribution in [1.82, 2.24) is 0 Å². The minimum atomic E-state index is -4.00. The highest BCUT2D eigenvalue weighted by atomic mass is 32.2. The zero-order valence-electron chi connectivity index (χ0n) is 19.4. The molecule has 3 rings (SSSR count). The van der Waals surface area contributed by atoms with Crippen molar-refractivity contribution >= 4 is 27.3 Å². The van der Waals surface area contributed by atoms with Crippen molar-refractivity contribution in [2.45, 2.75) is 25.7 Å². The van der Waals surface area contributed by atoms with E-state index in [1.807, 2.05) is 26.8 Å². The highest BCUT2D eigenvalue weighted by molar-refractivity contribution is 7.92. The molecule has 1 amide bonds. The van der Waals surface area contributed by atoms with Gasteiger partial charge >= 0.3 is 0 Å². The van der Waals surface area contributed by atoms with E-state index >= 15 is 0 Å². The molecular weight excluding hydrogens is 440 g/mol. The molecule has 3 aromatic rings. The van der Waals surface area contributed by atoms with Crippen molar-refractivity contribution in [3.8, 4) is 11.5 Å². The Bertz CT molecular complexity index is 1250. The molecular formula is C25H28N2O5S. The monoisotopic (exact) mass is 468 g/mol. The second-order valence-corrected chi connectivity index (χ2v) is 9.57. The Morgan fingerprint density at radius 3 is 2.18 bits per heavy atom. The summed E-state index contributed by atoms with van der Waals surface area (Å²) in [6.45, 7) is 5.31. The number of methoxy groups -OCH3 is 2. The number of carbonyl (C=O) groups excluding carboxylic acids is 1. The summed E-state index contributed by atoms with van der Waals surface area (Å²) < 4.78 is 38.8. The topological polar surface area (TPSA) is 84.9 Å². The van der Waals surface area contributed by atoms with Crippen LogP contribution in [-0.2, 0) is 14.8 Å². The average molecular weight is 469 g/mol. The van der Waals surface area contributed by atoms with Crippen LogP contribution in [0, 0.1) is 20.8 Å². The Labute approximate surface area is 195 Å². The molecule has 7 nitrogen and oxygen atoms in total. The molecule has 0 aliphatic rings. The van der Waals surface area contributed by atoms with E-state index in [9.17, 15) is 13.2 Å². The van der Waals surface area contributed by atoms with Gasteiger partial charge in [-0.15, -0.1) is 0 Å². The van der Waals surface area contributed by atoms with E-state index in [1.165, 1.54) is 14.2 Å². The number of ether oxygens (including phenoxy) is 2. The van der Waals surface area contributed by atoms with Gasteiger partial charge in [0.1, 0.15) is 18.0 Å². The van der Waals surface area contributed by atoms with Gasteiger partial charge in [-0.25, -0.2) is 8.42 Å². The SMILES string of the molecule is COc1ccc(OC)c(NC(=O)CN(c2ccc(C)c(C)c2)S(=O)(=O)c2ccc(C)cc2)c1. The summed E-state index contributed by atoms with van der Waals surface area (Å²) in [5.41, 5.74) is 3.68. The Hall–Kier alpha value is -3.52.